The van der Waals surface area contributed by atoms with Crippen LogP contribution in [0.25, 0.3) is 0 Å². The Morgan fingerprint density at radius 1 is 0.884 bits per heavy atom. The molecule has 0 saturated carbocycles. The van der Waals surface area contributed by atoms with Gasteiger partial charge in [0, 0.05) is 43.4 Å². The normalized spacial score (nSPS) is 23.1. The van der Waals surface area contributed by atoms with Gasteiger partial charge in [0.25, 0.3) is 21.9 Å². The molecule has 6 amide bonds. The molecule has 3 rings (SSSR count). The number of unbranched alkanes of at least 4 members (excludes halogenated alkanes) is 5. The van der Waals surface area contributed by atoms with E-state index >= 15 is 0 Å². The van der Waals surface area contributed by atoms with Crippen LogP contribution in [0.2, 0.25) is 0 Å². The lowest BCUT2D eigenvalue weighted by Gasteiger charge is -2.16. The predicted molar refractivity (Wildman–Crippen MR) is 155 cm³/mol. The lowest BCUT2D eigenvalue weighted by molar-refractivity contribution is -0.197. The van der Waals surface area contributed by atoms with Crippen molar-refractivity contribution < 1.29 is 46.6 Å². The average molecular weight is 648 g/mol. The summed E-state index contributed by atoms with van der Waals surface area (Å²) in [5, 5.41) is 10.2. The van der Waals surface area contributed by atoms with Crippen LogP contribution < -0.4 is 21.3 Å². The fourth-order valence-corrected chi connectivity index (χ4v) is 7.37. The molecule has 0 radical (unpaired) electrons. The lowest BCUT2D eigenvalue weighted by atomic mass is 10.0. The average Bonchev–Trinajstić information content (AvgIpc) is 3.58. The number of hydrogen-bond acceptors (Lipinski definition) is 10. The summed E-state index contributed by atoms with van der Waals surface area (Å²) in [6.07, 6.45) is 6.53. The van der Waals surface area contributed by atoms with E-state index in [0.717, 1.165) is 37.9 Å². The van der Waals surface area contributed by atoms with Crippen LogP contribution in [0.5, 0.6) is 0 Å². The fourth-order valence-electron chi connectivity index (χ4n) is 5.12. The first kappa shape index (κ1) is 34.6. The number of hydroxylamine groups is 2. The molecular formula is C26H41N5O10S2. The molecule has 0 bridgehead atoms. The van der Waals surface area contributed by atoms with Gasteiger partial charge in [-0.25, -0.2) is 9.59 Å². The van der Waals surface area contributed by atoms with Crippen molar-refractivity contribution in [1.29, 1.82) is 0 Å². The highest BCUT2D eigenvalue weighted by Crippen LogP contribution is 2.33. The van der Waals surface area contributed by atoms with Crippen molar-refractivity contribution in [3.63, 3.8) is 0 Å². The number of hydrogen-bond donors (Lipinski definition) is 5. The third-order valence-corrected chi connectivity index (χ3v) is 10.1. The van der Waals surface area contributed by atoms with Crippen LogP contribution in [0.3, 0.4) is 0 Å². The molecule has 0 aromatic heterocycles. The number of nitrogens with one attached hydrogen (secondary N) is 4. The second kappa shape index (κ2) is 16.8. The van der Waals surface area contributed by atoms with E-state index in [1.807, 2.05) is 11.8 Å². The molecule has 17 heteroatoms. The Bertz CT molecular complexity index is 1150. The molecule has 0 unspecified atom stereocenters. The van der Waals surface area contributed by atoms with E-state index in [1.54, 1.807) is 0 Å². The first-order valence-corrected chi connectivity index (χ1v) is 17.3. The molecule has 0 aromatic carbocycles. The minimum atomic E-state index is -4.77. The van der Waals surface area contributed by atoms with E-state index in [1.165, 1.54) is 0 Å². The maximum Gasteiger partial charge on any atom is 0.333 e. The van der Waals surface area contributed by atoms with Gasteiger partial charge in [0.05, 0.1) is 18.5 Å². The summed E-state index contributed by atoms with van der Waals surface area (Å²) < 4.78 is 31.2. The van der Waals surface area contributed by atoms with Crippen molar-refractivity contribution in [3.8, 4) is 0 Å². The number of fused-ring (bicyclic) bond motifs is 1. The fraction of sp³-hybridized carbons (Fsp3) is 0.769. The Kier molecular flexibility index (Phi) is 13.5. The van der Waals surface area contributed by atoms with Crippen molar-refractivity contribution in [1.82, 2.24) is 26.3 Å². The van der Waals surface area contributed by atoms with Gasteiger partial charge in [-0.1, -0.05) is 19.3 Å². The third kappa shape index (κ3) is 11.3. The molecule has 15 nitrogen and oxygen atoms in total. The maximum absolute atomic E-state index is 12.1. The van der Waals surface area contributed by atoms with Crippen molar-refractivity contribution >= 4 is 57.5 Å². The van der Waals surface area contributed by atoms with E-state index in [0.29, 0.717) is 56.9 Å². The van der Waals surface area contributed by atoms with Gasteiger partial charge in [-0.3, -0.25) is 23.7 Å². The van der Waals surface area contributed by atoms with Gasteiger partial charge in [0.2, 0.25) is 11.8 Å². The Morgan fingerprint density at radius 2 is 1.49 bits per heavy atom. The second-order valence-corrected chi connectivity index (χ2v) is 13.8. The van der Waals surface area contributed by atoms with E-state index in [2.05, 4.69) is 26.1 Å². The predicted octanol–water partition coefficient (Wildman–Crippen LogP) is 0.539. The van der Waals surface area contributed by atoms with Crippen LogP contribution in [-0.4, -0.2) is 95.1 Å². The van der Waals surface area contributed by atoms with E-state index in [-0.39, 0.29) is 41.4 Å². The van der Waals surface area contributed by atoms with Gasteiger partial charge >= 0.3 is 12.0 Å². The molecule has 5 N–H and O–H groups in total. The number of thioether (sulfide) groups is 1. The summed E-state index contributed by atoms with van der Waals surface area (Å²) in [6, 6.07) is 0.323. The van der Waals surface area contributed by atoms with Crippen LogP contribution in [0.15, 0.2) is 0 Å². The zero-order valence-electron chi connectivity index (χ0n) is 24.0. The molecule has 3 aliphatic heterocycles. The van der Waals surface area contributed by atoms with Crippen molar-refractivity contribution in [3.05, 3.63) is 0 Å². The van der Waals surface area contributed by atoms with Gasteiger partial charge in [-0.15, -0.1) is 5.06 Å². The van der Waals surface area contributed by atoms with Gasteiger partial charge in [0.1, 0.15) is 0 Å². The highest BCUT2D eigenvalue weighted by atomic mass is 32.2. The molecular weight excluding hydrogens is 606 g/mol. The summed E-state index contributed by atoms with van der Waals surface area (Å²) >= 11 is 1.87. The zero-order valence-corrected chi connectivity index (χ0v) is 25.6. The molecule has 0 aliphatic carbocycles. The SMILES string of the molecule is O=C(CCCCCNC(=O)CCCC[C@H]1SC[C@H]2NC(=O)N[C@H]21)NCCCCCC(=O)ON1C(=O)C[C@@H](S(=O)(=O)O)C1=O. The van der Waals surface area contributed by atoms with E-state index < -0.39 is 39.6 Å². The van der Waals surface area contributed by atoms with Crippen molar-refractivity contribution in [2.75, 3.05) is 18.8 Å². The number of amides is 6. The Hall–Kier alpha value is -2.92. The number of urea groups is 1. The van der Waals surface area contributed by atoms with Gasteiger partial charge in [-0.05, 0) is 38.5 Å². The maximum atomic E-state index is 12.1. The van der Waals surface area contributed by atoms with Crippen LogP contribution in [-0.2, 0) is 38.9 Å². The van der Waals surface area contributed by atoms with Crippen LogP contribution in [0.1, 0.15) is 83.5 Å². The quantitative estimate of drug-likeness (QED) is 0.0564. The third-order valence-electron chi connectivity index (χ3n) is 7.48. The molecule has 4 atom stereocenters. The molecule has 3 aliphatic rings. The van der Waals surface area contributed by atoms with E-state index in [9.17, 15) is 37.2 Å². The standard InChI is InChI=1S/C26H41N5O10S2/c32-20(27-14-8-2-4-12-23(35)41-31-22(34)15-19(25(31)36)43(38,39)40)10-3-1-7-13-28-21(33)11-6-5-9-18-24-17(16-42-18)29-26(37)30-24/h17-19,24H,1-16H2,(H,27,32)(H,28,33)(H2,29,30,37)(H,38,39,40)/t17-,18-,19-,24-/m1/s1. The second-order valence-electron chi connectivity index (χ2n) is 10.9. The van der Waals surface area contributed by atoms with E-state index in [4.69, 9.17) is 4.55 Å². The topological polar surface area (TPSA) is 217 Å². The molecule has 43 heavy (non-hydrogen) atoms. The first-order valence-electron chi connectivity index (χ1n) is 14.7. The number of carbonyl (C=O) groups is 6. The zero-order chi connectivity index (χ0) is 31.4. The summed E-state index contributed by atoms with van der Waals surface area (Å²) in [6.45, 7) is 0.999. The summed E-state index contributed by atoms with van der Waals surface area (Å²) in [7, 11) is -4.77. The number of carbonyl (C=O) groups excluding carboxylic acids is 6. The smallest absolute Gasteiger partial charge is 0.333 e. The minimum Gasteiger partial charge on any atom is -0.356 e. The number of rotatable bonds is 19. The Balaban J connectivity index is 1.09. The monoisotopic (exact) mass is 647 g/mol. The van der Waals surface area contributed by atoms with Crippen molar-refractivity contribution in [2.45, 2.75) is 106 Å². The van der Waals surface area contributed by atoms with Crippen LogP contribution in [0.4, 0.5) is 4.79 Å². The van der Waals surface area contributed by atoms with Crippen LogP contribution >= 0.6 is 11.8 Å². The lowest BCUT2D eigenvalue weighted by Crippen LogP contribution is -2.36. The molecule has 0 aromatic rings. The summed E-state index contributed by atoms with van der Waals surface area (Å²) in [4.78, 5) is 75.6. The minimum absolute atomic E-state index is 0.0302. The van der Waals surface area contributed by atoms with Gasteiger partial charge in [0.15, 0.2) is 5.25 Å². The molecule has 0 spiro atoms. The van der Waals surface area contributed by atoms with Crippen molar-refractivity contribution in [2.24, 2.45) is 0 Å². The summed E-state index contributed by atoms with van der Waals surface area (Å²) in [5.41, 5.74) is 0. The number of imide groups is 1. The molecule has 242 valence electrons. The first-order chi connectivity index (χ1) is 20.5. The summed E-state index contributed by atoms with van der Waals surface area (Å²) in [5.74, 6) is -2.32. The number of nitrogens with zero attached hydrogens (tertiary/aromatic N) is 1. The Labute approximate surface area is 255 Å². The Morgan fingerprint density at radius 3 is 2.09 bits per heavy atom. The highest BCUT2D eigenvalue weighted by Gasteiger charge is 2.48. The largest absolute Gasteiger partial charge is 0.356 e. The van der Waals surface area contributed by atoms with Crippen LogP contribution in [0, 0.1) is 0 Å². The highest BCUT2D eigenvalue weighted by molar-refractivity contribution is 8.00. The molecule has 3 fully saturated rings. The van der Waals surface area contributed by atoms with Gasteiger partial charge < -0.3 is 26.1 Å². The molecule has 3 saturated heterocycles. The molecule has 3 heterocycles. The van der Waals surface area contributed by atoms with Gasteiger partial charge in [-0.2, -0.15) is 20.2 Å².